The Balaban J connectivity index is 2.50. The standard InChI is InChI=1S/C12H19NO/c13-8-2-6-11-4-1-5-12(10-11)7-3-9-14/h1,4-5,10,14H,2-3,6-9,13H2. The van der Waals surface area contributed by atoms with Crippen molar-refractivity contribution in [3.05, 3.63) is 35.4 Å². The fourth-order valence-corrected chi connectivity index (χ4v) is 1.53. The van der Waals surface area contributed by atoms with Crippen LogP contribution in [0, 0.1) is 0 Å². The molecule has 0 atom stereocenters. The van der Waals surface area contributed by atoms with Gasteiger partial charge in [-0.15, -0.1) is 0 Å². The fourth-order valence-electron chi connectivity index (χ4n) is 1.53. The predicted molar refractivity (Wildman–Crippen MR) is 59.2 cm³/mol. The van der Waals surface area contributed by atoms with Crippen LogP contribution in [0.25, 0.3) is 0 Å². The summed E-state index contributed by atoms with van der Waals surface area (Å²) in [5.41, 5.74) is 8.13. The molecule has 0 aromatic heterocycles. The molecule has 1 aromatic carbocycles. The first-order valence-electron chi connectivity index (χ1n) is 5.25. The minimum Gasteiger partial charge on any atom is -0.396 e. The van der Waals surface area contributed by atoms with E-state index in [0.29, 0.717) is 0 Å². The molecule has 0 amide bonds. The number of hydrogen-bond donors (Lipinski definition) is 2. The van der Waals surface area contributed by atoms with Crippen LogP contribution in [0.1, 0.15) is 24.0 Å². The lowest BCUT2D eigenvalue weighted by atomic mass is 10.0. The van der Waals surface area contributed by atoms with Gasteiger partial charge in [0.1, 0.15) is 0 Å². The van der Waals surface area contributed by atoms with E-state index < -0.39 is 0 Å². The molecule has 0 aliphatic rings. The zero-order valence-electron chi connectivity index (χ0n) is 8.58. The van der Waals surface area contributed by atoms with E-state index in [2.05, 4.69) is 24.3 Å². The number of aliphatic hydroxyl groups is 1. The Kier molecular flexibility index (Phi) is 5.27. The maximum Gasteiger partial charge on any atom is 0.0434 e. The number of nitrogens with two attached hydrogens (primary N) is 1. The monoisotopic (exact) mass is 193 g/mol. The van der Waals surface area contributed by atoms with E-state index in [-0.39, 0.29) is 6.61 Å². The van der Waals surface area contributed by atoms with E-state index in [4.69, 9.17) is 10.8 Å². The van der Waals surface area contributed by atoms with Crippen molar-refractivity contribution >= 4 is 0 Å². The van der Waals surface area contributed by atoms with Crippen LogP contribution in [0.3, 0.4) is 0 Å². The van der Waals surface area contributed by atoms with Gasteiger partial charge in [0.2, 0.25) is 0 Å². The summed E-state index contributed by atoms with van der Waals surface area (Å²) < 4.78 is 0. The molecule has 0 spiro atoms. The zero-order chi connectivity index (χ0) is 10.2. The Bertz CT molecular complexity index is 237. The van der Waals surface area contributed by atoms with Crippen molar-refractivity contribution in [1.82, 2.24) is 0 Å². The van der Waals surface area contributed by atoms with Gasteiger partial charge in [-0.1, -0.05) is 24.3 Å². The van der Waals surface area contributed by atoms with Crippen LogP contribution in [0.2, 0.25) is 0 Å². The molecule has 2 nitrogen and oxygen atoms in total. The van der Waals surface area contributed by atoms with Crippen molar-refractivity contribution in [3.63, 3.8) is 0 Å². The van der Waals surface area contributed by atoms with E-state index >= 15 is 0 Å². The van der Waals surface area contributed by atoms with Gasteiger partial charge in [-0.05, 0) is 43.4 Å². The van der Waals surface area contributed by atoms with E-state index in [9.17, 15) is 0 Å². The van der Waals surface area contributed by atoms with Crippen molar-refractivity contribution in [2.75, 3.05) is 13.2 Å². The van der Waals surface area contributed by atoms with Crippen LogP contribution in [0.5, 0.6) is 0 Å². The van der Waals surface area contributed by atoms with Crippen molar-refractivity contribution in [2.24, 2.45) is 5.73 Å². The molecule has 0 aliphatic heterocycles. The maximum absolute atomic E-state index is 8.72. The third-order valence-electron chi connectivity index (χ3n) is 2.28. The van der Waals surface area contributed by atoms with E-state index in [0.717, 1.165) is 32.2 Å². The van der Waals surface area contributed by atoms with Crippen molar-refractivity contribution < 1.29 is 5.11 Å². The van der Waals surface area contributed by atoms with E-state index in [1.165, 1.54) is 11.1 Å². The van der Waals surface area contributed by atoms with Crippen LogP contribution in [0.4, 0.5) is 0 Å². The van der Waals surface area contributed by atoms with Crippen LogP contribution in [-0.2, 0) is 12.8 Å². The molecule has 78 valence electrons. The molecule has 2 heteroatoms. The first-order chi connectivity index (χ1) is 6.86. The molecule has 3 N–H and O–H groups in total. The summed E-state index contributed by atoms with van der Waals surface area (Å²) in [5, 5.41) is 8.72. The molecule has 1 aromatic rings. The number of aliphatic hydroxyl groups excluding tert-OH is 1. The number of aryl methyl sites for hydroxylation is 2. The average molecular weight is 193 g/mol. The van der Waals surface area contributed by atoms with Crippen LogP contribution < -0.4 is 5.73 Å². The summed E-state index contributed by atoms with van der Waals surface area (Å²) in [5.74, 6) is 0. The first-order valence-corrected chi connectivity index (χ1v) is 5.25. The minimum absolute atomic E-state index is 0.271. The van der Waals surface area contributed by atoms with Crippen molar-refractivity contribution in [1.29, 1.82) is 0 Å². The maximum atomic E-state index is 8.72. The van der Waals surface area contributed by atoms with Crippen LogP contribution >= 0.6 is 0 Å². The molecular weight excluding hydrogens is 174 g/mol. The lowest BCUT2D eigenvalue weighted by molar-refractivity contribution is 0.288. The molecule has 0 radical (unpaired) electrons. The second-order valence-electron chi connectivity index (χ2n) is 3.54. The Hall–Kier alpha value is -0.860. The highest BCUT2D eigenvalue weighted by molar-refractivity contribution is 5.23. The second kappa shape index (κ2) is 6.57. The quantitative estimate of drug-likeness (QED) is 0.719. The third-order valence-corrected chi connectivity index (χ3v) is 2.28. The molecule has 0 aliphatic carbocycles. The Morgan fingerprint density at radius 1 is 1.07 bits per heavy atom. The highest BCUT2D eigenvalue weighted by atomic mass is 16.2. The minimum atomic E-state index is 0.271. The highest BCUT2D eigenvalue weighted by Crippen LogP contribution is 2.09. The lowest BCUT2D eigenvalue weighted by Gasteiger charge is -2.03. The summed E-state index contributed by atoms with van der Waals surface area (Å²) in [4.78, 5) is 0. The van der Waals surface area contributed by atoms with Crippen LogP contribution in [0.15, 0.2) is 24.3 Å². The smallest absolute Gasteiger partial charge is 0.0434 e. The van der Waals surface area contributed by atoms with E-state index in [1.807, 2.05) is 0 Å². The van der Waals surface area contributed by atoms with E-state index in [1.54, 1.807) is 0 Å². The Morgan fingerprint density at radius 2 is 1.71 bits per heavy atom. The zero-order valence-corrected chi connectivity index (χ0v) is 8.58. The molecule has 14 heavy (non-hydrogen) atoms. The van der Waals surface area contributed by atoms with Gasteiger partial charge in [-0.2, -0.15) is 0 Å². The van der Waals surface area contributed by atoms with Gasteiger partial charge in [-0.3, -0.25) is 0 Å². The number of benzene rings is 1. The first kappa shape index (κ1) is 11.2. The molecular formula is C12H19NO. The van der Waals surface area contributed by atoms with Gasteiger partial charge >= 0.3 is 0 Å². The molecule has 0 unspecified atom stereocenters. The normalized spacial score (nSPS) is 10.4. The Morgan fingerprint density at radius 3 is 2.29 bits per heavy atom. The average Bonchev–Trinajstić information content (AvgIpc) is 2.24. The highest BCUT2D eigenvalue weighted by Gasteiger charge is 1.95. The molecule has 0 heterocycles. The van der Waals surface area contributed by atoms with Crippen LogP contribution in [-0.4, -0.2) is 18.3 Å². The van der Waals surface area contributed by atoms with Crippen molar-refractivity contribution in [3.8, 4) is 0 Å². The predicted octanol–water partition coefficient (Wildman–Crippen LogP) is 1.50. The molecule has 0 fully saturated rings. The summed E-state index contributed by atoms with van der Waals surface area (Å²) >= 11 is 0. The van der Waals surface area contributed by atoms with Crippen molar-refractivity contribution in [2.45, 2.75) is 25.7 Å². The summed E-state index contributed by atoms with van der Waals surface area (Å²) in [6.07, 6.45) is 3.92. The van der Waals surface area contributed by atoms with Gasteiger partial charge in [0.15, 0.2) is 0 Å². The van der Waals surface area contributed by atoms with Gasteiger partial charge in [0.05, 0.1) is 0 Å². The second-order valence-corrected chi connectivity index (χ2v) is 3.54. The Labute approximate surface area is 85.8 Å². The van der Waals surface area contributed by atoms with Gasteiger partial charge in [-0.25, -0.2) is 0 Å². The SMILES string of the molecule is NCCCc1cccc(CCCO)c1. The fraction of sp³-hybridized carbons (Fsp3) is 0.500. The molecule has 0 bridgehead atoms. The summed E-state index contributed by atoms with van der Waals surface area (Å²) in [6, 6.07) is 8.55. The summed E-state index contributed by atoms with van der Waals surface area (Å²) in [7, 11) is 0. The number of rotatable bonds is 6. The van der Waals surface area contributed by atoms with Gasteiger partial charge in [0.25, 0.3) is 0 Å². The molecule has 1 rings (SSSR count). The largest absolute Gasteiger partial charge is 0.396 e. The number of hydrogen-bond acceptors (Lipinski definition) is 2. The van der Waals surface area contributed by atoms with Gasteiger partial charge < -0.3 is 10.8 Å². The molecule has 0 saturated carbocycles. The third kappa shape index (κ3) is 3.90. The lowest BCUT2D eigenvalue weighted by Crippen LogP contribution is -2.00. The topological polar surface area (TPSA) is 46.2 Å². The molecule has 0 saturated heterocycles. The summed E-state index contributed by atoms with van der Waals surface area (Å²) in [6.45, 7) is 1.02. The van der Waals surface area contributed by atoms with Gasteiger partial charge in [0, 0.05) is 6.61 Å².